The fraction of sp³-hybridized carbons (Fsp3) is 0.185. The molecule has 2 aliphatic rings. The summed E-state index contributed by atoms with van der Waals surface area (Å²) in [5.74, 6) is -1.70. The third kappa shape index (κ3) is 3.58. The van der Waals surface area contributed by atoms with Crippen LogP contribution >= 0.6 is 0 Å². The summed E-state index contributed by atoms with van der Waals surface area (Å²) in [6.07, 6.45) is 5.77. The number of aliphatic hydroxyl groups is 1. The second-order valence-electron chi connectivity index (χ2n) is 8.27. The second-order valence-corrected chi connectivity index (χ2v) is 8.27. The molecule has 1 unspecified atom stereocenters. The zero-order valence-electron chi connectivity index (χ0n) is 17.9. The summed E-state index contributed by atoms with van der Waals surface area (Å²) < 4.78 is 0. The molecule has 1 aliphatic heterocycles. The summed E-state index contributed by atoms with van der Waals surface area (Å²) >= 11 is 0. The number of hydrogen-bond donors (Lipinski definition) is 1. The van der Waals surface area contributed by atoms with E-state index < -0.39 is 17.7 Å². The number of benzene rings is 2. The van der Waals surface area contributed by atoms with Gasteiger partial charge in [0.25, 0.3) is 11.7 Å². The Morgan fingerprint density at radius 1 is 1.00 bits per heavy atom. The van der Waals surface area contributed by atoms with E-state index in [1.807, 2.05) is 24.3 Å². The number of aromatic nitrogens is 1. The summed E-state index contributed by atoms with van der Waals surface area (Å²) in [6.45, 7) is 0. The maximum absolute atomic E-state index is 13.2. The Hall–Kier alpha value is -4.24. The van der Waals surface area contributed by atoms with Gasteiger partial charge in [0, 0.05) is 17.4 Å². The Morgan fingerprint density at radius 3 is 2.45 bits per heavy atom. The van der Waals surface area contributed by atoms with Crippen LogP contribution in [0.15, 0.2) is 72.4 Å². The van der Waals surface area contributed by atoms with E-state index in [2.05, 4.69) is 4.98 Å². The van der Waals surface area contributed by atoms with Crippen LogP contribution in [0.3, 0.4) is 0 Å². The molecule has 5 rings (SSSR count). The van der Waals surface area contributed by atoms with Crippen molar-refractivity contribution in [2.45, 2.75) is 31.7 Å². The minimum absolute atomic E-state index is 0.0128. The maximum Gasteiger partial charge on any atom is 0.300 e. The highest BCUT2D eigenvalue weighted by Gasteiger charge is 2.47. The topological polar surface area (TPSA) is 94.3 Å². The van der Waals surface area contributed by atoms with Crippen molar-refractivity contribution in [3.05, 3.63) is 100 Å². The first-order valence-electron chi connectivity index (χ1n) is 10.9. The molecule has 1 N–H and O–H groups in total. The van der Waals surface area contributed by atoms with Crippen LogP contribution in [0.25, 0.3) is 5.76 Å². The number of nitriles is 1. The number of amides is 1. The molecule has 6 nitrogen and oxygen atoms in total. The monoisotopic (exact) mass is 435 g/mol. The Balaban J connectivity index is 1.67. The molecule has 1 aliphatic carbocycles. The first-order valence-corrected chi connectivity index (χ1v) is 10.9. The van der Waals surface area contributed by atoms with Crippen LogP contribution in [0.1, 0.15) is 46.8 Å². The zero-order chi connectivity index (χ0) is 22.9. The van der Waals surface area contributed by atoms with E-state index in [4.69, 9.17) is 5.26 Å². The van der Waals surface area contributed by atoms with Crippen LogP contribution in [-0.2, 0) is 22.4 Å². The van der Waals surface area contributed by atoms with Gasteiger partial charge in [-0.15, -0.1) is 0 Å². The predicted molar refractivity (Wildman–Crippen MR) is 123 cm³/mol. The van der Waals surface area contributed by atoms with Crippen molar-refractivity contribution in [2.75, 3.05) is 4.90 Å². The van der Waals surface area contributed by atoms with Crippen molar-refractivity contribution in [3.63, 3.8) is 0 Å². The molecule has 0 radical (unpaired) electrons. The summed E-state index contributed by atoms with van der Waals surface area (Å²) in [5, 5.41) is 20.4. The van der Waals surface area contributed by atoms with E-state index in [9.17, 15) is 14.7 Å². The average Bonchev–Trinajstić information content (AvgIpc) is 3.14. The number of ketones is 1. The Bertz CT molecular complexity index is 1320. The maximum atomic E-state index is 13.2. The van der Waals surface area contributed by atoms with Crippen molar-refractivity contribution in [1.82, 2.24) is 4.98 Å². The van der Waals surface area contributed by atoms with Gasteiger partial charge in [-0.2, -0.15) is 5.26 Å². The first kappa shape index (κ1) is 20.7. The fourth-order valence-electron chi connectivity index (χ4n) is 4.65. The van der Waals surface area contributed by atoms with Crippen molar-refractivity contribution >= 4 is 23.1 Å². The van der Waals surface area contributed by atoms with Gasteiger partial charge in [-0.25, -0.2) is 0 Å². The van der Waals surface area contributed by atoms with E-state index in [0.717, 1.165) is 25.7 Å². The predicted octanol–water partition coefficient (Wildman–Crippen LogP) is 4.46. The van der Waals surface area contributed by atoms with E-state index in [0.29, 0.717) is 22.5 Å². The van der Waals surface area contributed by atoms with E-state index in [1.165, 1.54) is 16.0 Å². The molecule has 162 valence electrons. The molecule has 3 aromatic rings. The van der Waals surface area contributed by atoms with E-state index in [-0.39, 0.29) is 11.3 Å². The van der Waals surface area contributed by atoms with Gasteiger partial charge in [0.2, 0.25) is 0 Å². The molecule has 0 saturated carbocycles. The number of nitrogens with zero attached hydrogens (tertiary/aromatic N) is 3. The van der Waals surface area contributed by atoms with E-state index >= 15 is 0 Å². The number of aliphatic hydroxyl groups excluding tert-OH is 1. The quantitative estimate of drug-likeness (QED) is 0.372. The lowest BCUT2D eigenvalue weighted by atomic mass is 9.89. The Morgan fingerprint density at radius 2 is 1.76 bits per heavy atom. The molecule has 2 heterocycles. The average molecular weight is 435 g/mol. The minimum atomic E-state index is -0.879. The highest BCUT2D eigenvalue weighted by atomic mass is 16.3. The van der Waals surface area contributed by atoms with Gasteiger partial charge >= 0.3 is 0 Å². The number of hydrogen-bond acceptors (Lipinski definition) is 5. The molecule has 0 bridgehead atoms. The van der Waals surface area contributed by atoms with Crippen LogP contribution in [0.5, 0.6) is 0 Å². The lowest BCUT2D eigenvalue weighted by molar-refractivity contribution is -0.132. The Kier molecular flexibility index (Phi) is 5.23. The molecule has 1 amide bonds. The molecule has 1 fully saturated rings. The fourth-order valence-corrected chi connectivity index (χ4v) is 4.65. The van der Waals surface area contributed by atoms with Crippen molar-refractivity contribution in [1.29, 1.82) is 5.26 Å². The number of Topliss-reactive ketones (excluding diaryl/α,β-unsaturated/α-hetero) is 1. The number of carbonyl (C=O) groups excluding carboxylic acids is 2. The van der Waals surface area contributed by atoms with Gasteiger partial charge in [0.15, 0.2) is 0 Å². The van der Waals surface area contributed by atoms with Crippen LogP contribution in [0.2, 0.25) is 0 Å². The van der Waals surface area contributed by atoms with Gasteiger partial charge in [0.05, 0.1) is 22.9 Å². The highest BCUT2D eigenvalue weighted by molar-refractivity contribution is 6.51. The summed E-state index contributed by atoms with van der Waals surface area (Å²) in [6, 6.07) is 18.6. The molecule has 2 aromatic carbocycles. The normalized spacial score (nSPS) is 19.2. The minimum Gasteiger partial charge on any atom is -0.507 e. The lowest BCUT2D eigenvalue weighted by Crippen LogP contribution is -2.29. The van der Waals surface area contributed by atoms with Crippen LogP contribution < -0.4 is 4.90 Å². The smallest absolute Gasteiger partial charge is 0.300 e. The molecule has 6 heteroatoms. The van der Waals surface area contributed by atoms with Crippen LogP contribution in [0.4, 0.5) is 5.69 Å². The standard InChI is InChI=1S/C27H21N3O3/c28-16-17-8-12-21(13-9-17)30-24(22-7-3-4-14-29-22)23(26(32)27(30)33)25(31)20-11-10-18-5-1-2-6-19(18)15-20/h3-4,7-15,24,31H,1-2,5-6H2/b25-23-. The van der Waals surface area contributed by atoms with Crippen molar-refractivity contribution in [3.8, 4) is 6.07 Å². The number of anilines is 1. The molecule has 33 heavy (non-hydrogen) atoms. The number of pyridine rings is 1. The van der Waals surface area contributed by atoms with Crippen LogP contribution in [0, 0.1) is 11.3 Å². The van der Waals surface area contributed by atoms with E-state index in [1.54, 1.807) is 48.7 Å². The number of aryl methyl sites for hydroxylation is 2. The third-order valence-electron chi connectivity index (χ3n) is 6.31. The molecule has 1 atom stereocenters. The molecule has 1 saturated heterocycles. The van der Waals surface area contributed by atoms with Gasteiger partial charge < -0.3 is 5.11 Å². The highest BCUT2D eigenvalue weighted by Crippen LogP contribution is 2.41. The number of carbonyl (C=O) groups is 2. The largest absolute Gasteiger partial charge is 0.507 e. The summed E-state index contributed by atoms with van der Waals surface area (Å²) in [5.41, 5.74) is 4.34. The number of fused-ring (bicyclic) bond motifs is 1. The lowest BCUT2D eigenvalue weighted by Gasteiger charge is -2.24. The van der Waals surface area contributed by atoms with Crippen LogP contribution in [-0.4, -0.2) is 21.8 Å². The first-order chi connectivity index (χ1) is 16.1. The Labute approximate surface area is 191 Å². The number of rotatable bonds is 3. The van der Waals surface area contributed by atoms with Gasteiger partial charge in [-0.05, 0) is 79.3 Å². The van der Waals surface area contributed by atoms with Crippen molar-refractivity contribution < 1.29 is 14.7 Å². The molecular formula is C27H21N3O3. The SMILES string of the molecule is N#Cc1ccc(N2C(=O)C(=O)/C(=C(\O)c3ccc4c(c3)CCCC4)C2c2ccccn2)cc1. The van der Waals surface area contributed by atoms with Crippen molar-refractivity contribution in [2.24, 2.45) is 0 Å². The molecular weight excluding hydrogens is 414 g/mol. The van der Waals surface area contributed by atoms with Gasteiger partial charge in [-0.3, -0.25) is 19.5 Å². The van der Waals surface area contributed by atoms with Gasteiger partial charge in [-0.1, -0.05) is 18.2 Å². The van der Waals surface area contributed by atoms with Gasteiger partial charge in [0.1, 0.15) is 11.8 Å². The molecule has 0 spiro atoms. The summed E-state index contributed by atoms with van der Waals surface area (Å²) in [7, 11) is 0. The summed E-state index contributed by atoms with van der Waals surface area (Å²) in [4.78, 5) is 32.1. The molecule has 1 aromatic heterocycles. The zero-order valence-corrected chi connectivity index (χ0v) is 17.9. The second kappa shape index (κ2) is 8.36. The third-order valence-corrected chi connectivity index (χ3v) is 6.31.